The van der Waals surface area contributed by atoms with Crippen LogP contribution in [0.4, 0.5) is 0 Å². The fraction of sp³-hybridized carbons (Fsp3) is 0.214. The molecule has 8 aromatic rings. The van der Waals surface area contributed by atoms with Gasteiger partial charge in [0.25, 0.3) is 6.71 Å². The minimum Gasteiger partial charge on any atom is -0.458 e. The molecule has 0 aliphatic carbocycles. The lowest BCUT2D eigenvalue weighted by atomic mass is 9.34. The van der Waals surface area contributed by atoms with Crippen LogP contribution < -0.4 is 25.9 Å². The third-order valence-electron chi connectivity index (χ3n) is 12.7. The number of hydrogen-bond acceptors (Lipinski definition) is 2. The van der Waals surface area contributed by atoms with Gasteiger partial charge in [0.2, 0.25) is 0 Å². The van der Waals surface area contributed by atoms with Gasteiger partial charge in [-0.3, -0.25) is 0 Å². The first-order valence-corrected chi connectivity index (χ1v) is 21.1. The summed E-state index contributed by atoms with van der Waals surface area (Å²) in [6, 6.07) is 54.1. The Bertz CT molecular complexity index is 2880. The quantitative estimate of drug-likeness (QED) is 0.132. The highest BCUT2D eigenvalue weighted by atomic mass is 16.5. The van der Waals surface area contributed by atoms with Gasteiger partial charge in [0.05, 0.1) is 0 Å². The molecule has 0 saturated heterocycles. The standard InChI is InChI=1S/C56H51BO2/c1-54(2,3)39-23-21-36(22-24-39)52-43-14-11-10-13-37(43)29-45-42(15-12-16-44(45)52)35-19-17-34(18-20-35)38-30-50-53-51(31-38)59-49-33-41(56(7,8)9)26-28-47(49)57(53)46-27-25-40(55(4,5)6)32-48(46)58-50/h10-33H,1-9H3. The van der Waals surface area contributed by atoms with Crippen LogP contribution in [0.3, 0.4) is 0 Å². The molecule has 3 heteroatoms. The molecular weight excluding hydrogens is 715 g/mol. The molecule has 0 atom stereocenters. The minimum absolute atomic E-state index is 0.000932. The fourth-order valence-electron chi connectivity index (χ4n) is 9.22. The molecule has 0 fully saturated rings. The second-order valence-electron chi connectivity index (χ2n) is 19.8. The Morgan fingerprint density at radius 1 is 0.373 bits per heavy atom. The number of hydrogen-bond donors (Lipinski definition) is 0. The molecule has 290 valence electrons. The third kappa shape index (κ3) is 6.34. The predicted molar refractivity (Wildman–Crippen MR) is 252 cm³/mol. The van der Waals surface area contributed by atoms with E-state index in [1.54, 1.807) is 0 Å². The molecule has 0 unspecified atom stereocenters. The molecule has 0 spiro atoms. The monoisotopic (exact) mass is 766 g/mol. The first-order chi connectivity index (χ1) is 28.1. The van der Waals surface area contributed by atoms with E-state index in [2.05, 4.69) is 208 Å². The first kappa shape index (κ1) is 37.2. The Kier molecular flexibility index (Phi) is 8.35. The van der Waals surface area contributed by atoms with Crippen molar-refractivity contribution < 1.29 is 9.47 Å². The van der Waals surface area contributed by atoms with Crippen LogP contribution in [-0.2, 0) is 16.2 Å². The molecule has 2 aliphatic rings. The zero-order chi connectivity index (χ0) is 41.0. The van der Waals surface area contributed by atoms with Gasteiger partial charge in [-0.2, -0.15) is 0 Å². The lowest BCUT2D eigenvalue weighted by molar-refractivity contribution is 0.461. The van der Waals surface area contributed by atoms with E-state index in [4.69, 9.17) is 9.47 Å². The summed E-state index contributed by atoms with van der Waals surface area (Å²) in [5.41, 5.74) is 14.5. The summed E-state index contributed by atoms with van der Waals surface area (Å²) < 4.78 is 13.8. The van der Waals surface area contributed by atoms with Gasteiger partial charge in [-0.25, -0.2) is 0 Å². The van der Waals surface area contributed by atoms with Crippen LogP contribution in [-0.4, -0.2) is 6.71 Å². The first-order valence-electron chi connectivity index (χ1n) is 21.1. The summed E-state index contributed by atoms with van der Waals surface area (Å²) in [7, 11) is 0. The Labute approximate surface area is 349 Å². The summed E-state index contributed by atoms with van der Waals surface area (Å²) in [5, 5.41) is 5.03. The molecule has 0 saturated carbocycles. The Morgan fingerprint density at radius 2 is 0.881 bits per heavy atom. The van der Waals surface area contributed by atoms with Crippen LogP contribution in [0.25, 0.3) is 54.9 Å². The van der Waals surface area contributed by atoms with Crippen molar-refractivity contribution in [3.63, 3.8) is 0 Å². The lowest BCUT2D eigenvalue weighted by Crippen LogP contribution is -2.57. The van der Waals surface area contributed by atoms with E-state index < -0.39 is 0 Å². The number of rotatable bonds is 3. The van der Waals surface area contributed by atoms with Crippen molar-refractivity contribution in [3.8, 4) is 56.4 Å². The van der Waals surface area contributed by atoms with Crippen LogP contribution in [0.15, 0.2) is 146 Å². The molecule has 10 rings (SSSR count). The Hall–Kier alpha value is -6.06. The van der Waals surface area contributed by atoms with E-state index >= 15 is 0 Å². The molecule has 0 bridgehead atoms. The normalized spacial score (nSPS) is 13.4. The molecule has 2 nitrogen and oxygen atoms in total. The van der Waals surface area contributed by atoms with E-state index in [9.17, 15) is 0 Å². The summed E-state index contributed by atoms with van der Waals surface area (Å²) in [6.45, 7) is 20.4. The van der Waals surface area contributed by atoms with Crippen LogP contribution >= 0.6 is 0 Å². The zero-order valence-electron chi connectivity index (χ0n) is 35.8. The van der Waals surface area contributed by atoms with Crippen molar-refractivity contribution in [2.24, 2.45) is 0 Å². The van der Waals surface area contributed by atoms with Crippen molar-refractivity contribution in [2.75, 3.05) is 0 Å². The van der Waals surface area contributed by atoms with Gasteiger partial charge in [0.15, 0.2) is 0 Å². The van der Waals surface area contributed by atoms with Crippen molar-refractivity contribution in [3.05, 3.63) is 162 Å². The molecule has 8 aromatic carbocycles. The van der Waals surface area contributed by atoms with E-state index in [0.717, 1.165) is 39.6 Å². The van der Waals surface area contributed by atoms with Crippen LogP contribution in [0.2, 0.25) is 0 Å². The number of ether oxygens (including phenoxy) is 2. The third-order valence-corrected chi connectivity index (χ3v) is 12.7. The SMILES string of the molecule is CC(C)(C)c1ccc(-c2c3ccccc3cc3c(-c4ccc(-c5cc6c7c(c5)Oc5cc(C(C)(C)C)ccc5B7c5ccc(C(C)(C)C)cc5O6)cc4)cccc23)cc1. The molecule has 0 aromatic heterocycles. The average molecular weight is 767 g/mol. The van der Waals surface area contributed by atoms with Crippen molar-refractivity contribution in [2.45, 2.75) is 78.6 Å². The summed E-state index contributed by atoms with van der Waals surface area (Å²) >= 11 is 0. The summed E-state index contributed by atoms with van der Waals surface area (Å²) in [6.07, 6.45) is 0. The fourth-order valence-corrected chi connectivity index (χ4v) is 9.22. The smallest absolute Gasteiger partial charge is 0.260 e. The second kappa shape index (κ2) is 13.2. The van der Waals surface area contributed by atoms with Gasteiger partial charge < -0.3 is 9.47 Å². The highest BCUT2D eigenvalue weighted by Crippen LogP contribution is 2.43. The van der Waals surface area contributed by atoms with Crippen molar-refractivity contribution >= 4 is 44.6 Å². The molecule has 59 heavy (non-hydrogen) atoms. The topological polar surface area (TPSA) is 18.5 Å². The Morgan fingerprint density at radius 3 is 1.46 bits per heavy atom. The van der Waals surface area contributed by atoms with Gasteiger partial charge in [-0.1, -0.05) is 178 Å². The molecule has 0 amide bonds. The summed E-state index contributed by atoms with van der Waals surface area (Å²) in [4.78, 5) is 0. The number of fused-ring (bicyclic) bond motifs is 6. The predicted octanol–water partition coefficient (Wildman–Crippen LogP) is 13.6. The van der Waals surface area contributed by atoms with Gasteiger partial charge in [-0.05, 0) is 129 Å². The average Bonchev–Trinajstić information content (AvgIpc) is 3.21. The highest BCUT2D eigenvalue weighted by Gasteiger charge is 2.41. The minimum atomic E-state index is -0.000932. The van der Waals surface area contributed by atoms with Crippen LogP contribution in [0.1, 0.15) is 79.0 Å². The maximum absolute atomic E-state index is 6.88. The molecule has 0 N–H and O–H groups in total. The van der Waals surface area contributed by atoms with Crippen LogP contribution in [0.5, 0.6) is 23.0 Å². The maximum Gasteiger partial charge on any atom is 0.260 e. The summed E-state index contributed by atoms with van der Waals surface area (Å²) in [5.74, 6) is 3.57. The van der Waals surface area contributed by atoms with E-state index in [1.807, 2.05) is 0 Å². The van der Waals surface area contributed by atoms with Crippen molar-refractivity contribution in [1.82, 2.24) is 0 Å². The molecule has 2 aliphatic heterocycles. The largest absolute Gasteiger partial charge is 0.458 e. The van der Waals surface area contributed by atoms with E-state index in [1.165, 1.54) is 71.4 Å². The van der Waals surface area contributed by atoms with E-state index in [0.29, 0.717) is 0 Å². The zero-order valence-corrected chi connectivity index (χ0v) is 35.8. The van der Waals surface area contributed by atoms with Gasteiger partial charge >= 0.3 is 0 Å². The van der Waals surface area contributed by atoms with Crippen LogP contribution in [0, 0.1) is 0 Å². The maximum atomic E-state index is 6.88. The van der Waals surface area contributed by atoms with E-state index in [-0.39, 0.29) is 23.0 Å². The molecular formula is C56H51BO2. The van der Waals surface area contributed by atoms with Gasteiger partial charge in [-0.15, -0.1) is 0 Å². The van der Waals surface area contributed by atoms with Gasteiger partial charge in [0.1, 0.15) is 23.0 Å². The second-order valence-corrected chi connectivity index (χ2v) is 19.8. The highest BCUT2D eigenvalue weighted by molar-refractivity contribution is 6.98. The lowest BCUT2D eigenvalue weighted by Gasteiger charge is -2.35. The number of benzene rings is 8. The Balaban J connectivity index is 1.08. The van der Waals surface area contributed by atoms with Gasteiger partial charge in [0, 0.05) is 5.46 Å². The molecule has 2 heterocycles. The van der Waals surface area contributed by atoms with Crippen molar-refractivity contribution in [1.29, 1.82) is 0 Å². The molecule has 0 radical (unpaired) electrons.